The molecule has 13 heavy (non-hydrogen) atoms. The minimum absolute atomic E-state index is 0.492. The molecule has 2 aliphatic rings. The Kier molecular flexibility index (Phi) is 2.56. The monoisotopic (exact) mass is 186 g/mol. The predicted molar refractivity (Wildman–Crippen MR) is 51.6 cm³/mol. The molecule has 3 heteroatoms. The molecule has 2 fully saturated rings. The lowest BCUT2D eigenvalue weighted by Gasteiger charge is -2.39. The van der Waals surface area contributed by atoms with Crippen LogP contribution in [-0.2, 0) is 0 Å². The highest BCUT2D eigenvalue weighted by molar-refractivity contribution is 4.91. The van der Waals surface area contributed by atoms with Gasteiger partial charge in [0, 0.05) is 38.3 Å². The second-order valence-corrected chi connectivity index (χ2v) is 4.57. The molecule has 2 nitrogen and oxygen atoms in total. The first-order chi connectivity index (χ1) is 6.16. The zero-order valence-electron chi connectivity index (χ0n) is 8.54. The van der Waals surface area contributed by atoms with Crippen molar-refractivity contribution in [2.24, 2.45) is 0 Å². The normalized spacial score (nSPS) is 36.9. The molecule has 0 spiro atoms. The summed E-state index contributed by atoms with van der Waals surface area (Å²) in [4.78, 5) is 4.77. The molecule has 0 aromatic heterocycles. The van der Waals surface area contributed by atoms with E-state index in [2.05, 4.69) is 23.6 Å². The van der Waals surface area contributed by atoms with Gasteiger partial charge in [0.05, 0.1) is 0 Å². The number of piperazine rings is 1. The minimum Gasteiger partial charge on any atom is -0.298 e. The molecule has 2 aliphatic heterocycles. The van der Waals surface area contributed by atoms with Gasteiger partial charge in [-0.3, -0.25) is 9.80 Å². The Morgan fingerprint density at radius 3 is 2.69 bits per heavy atom. The van der Waals surface area contributed by atoms with Crippen LogP contribution in [0.5, 0.6) is 0 Å². The quantitative estimate of drug-likeness (QED) is 0.605. The summed E-state index contributed by atoms with van der Waals surface area (Å²) in [7, 11) is 0. The van der Waals surface area contributed by atoms with Gasteiger partial charge in [0.15, 0.2) is 0 Å². The largest absolute Gasteiger partial charge is 0.298 e. The lowest BCUT2D eigenvalue weighted by Crippen LogP contribution is -2.52. The van der Waals surface area contributed by atoms with Crippen molar-refractivity contribution < 1.29 is 4.39 Å². The van der Waals surface area contributed by atoms with Gasteiger partial charge in [0.25, 0.3) is 0 Å². The molecule has 2 saturated heterocycles. The van der Waals surface area contributed by atoms with Gasteiger partial charge in [0.1, 0.15) is 6.17 Å². The fraction of sp³-hybridized carbons (Fsp3) is 1.00. The highest BCUT2D eigenvalue weighted by Crippen LogP contribution is 2.24. The lowest BCUT2D eigenvalue weighted by atomic mass is 10.1. The van der Waals surface area contributed by atoms with Crippen LogP contribution in [0.2, 0.25) is 0 Å². The van der Waals surface area contributed by atoms with E-state index in [9.17, 15) is 4.39 Å². The predicted octanol–water partition coefficient (Wildman–Crippen LogP) is 1.12. The summed E-state index contributed by atoms with van der Waals surface area (Å²) >= 11 is 0. The average Bonchev–Trinajstić information content (AvgIpc) is 2.42. The zero-order valence-corrected chi connectivity index (χ0v) is 8.54. The maximum atomic E-state index is 13.1. The van der Waals surface area contributed by atoms with Crippen molar-refractivity contribution in [1.82, 2.24) is 9.80 Å². The molecule has 2 atom stereocenters. The first-order valence-corrected chi connectivity index (χ1v) is 5.29. The Morgan fingerprint density at radius 1 is 1.23 bits per heavy atom. The Labute approximate surface area is 79.7 Å². The highest BCUT2D eigenvalue weighted by atomic mass is 19.1. The molecule has 0 aromatic carbocycles. The smallest absolute Gasteiger partial charge is 0.114 e. The molecule has 0 amide bonds. The standard InChI is InChI=1S/C10H19FN2/c1-8(2)12-3-4-13-6-9(11)5-10(13)7-12/h8-10H,3-7H2,1-2H3. The van der Waals surface area contributed by atoms with E-state index in [1.165, 1.54) is 0 Å². The van der Waals surface area contributed by atoms with Crippen LogP contribution in [0.25, 0.3) is 0 Å². The second-order valence-electron chi connectivity index (χ2n) is 4.57. The van der Waals surface area contributed by atoms with Gasteiger partial charge < -0.3 is 0 Å². The summed E-state index contributed by atoms with van der Waals surface area (Å²) in [6.07, 6.45) is 0.181. The summed E-state index contributed by atoms with van der Waals surface area (Å²) < 4.78 is 13.1. The van der Waals surface area contributed by atoms with Gasteiger partial charge in [-0.2, -0.15) is 0 Å². The van der Waals surface area contributed by atoms with Gasteiger partial charge in [-0.05, 0) is 20.3 Å². The van der Waals surface area contributed by atoms with E-state index in [0.29, 0.717) is 18.6 Å². The van der Waals surface area contributed by atoms with Gasteiger partial charge in [-0.25, -0.2) is 4.39 Å². The molecule has 0 radical (unpaired) electrons. The number of rotatable bonds is 1. The van der Waals surface area contributed by atoms with Crippen LogP contribution in [0, 0.1) is 0 Å². The molecule has 0 aliphatic carbocycles. The van der Waals surface area contributed by atoms with Crippen molar-refractivity contribution in [3.63, 3.8) is 0 Å². The van der Waals surface area contributed by atoms with Crippen LogP contribution in [0.4, 0.5) is 4.39 Å². The van der Waals surface area contributed by atoms with Gasteiger partial charge >= 0.3 is 0 Å². The van der Waals surface area contributed by atoms with Gasteiger partial charge in [0.2, 0.25) is 0 Å². The first kappa shape index (κ1) is 9.41. The van der Waals surface area contributed by atoms with Gasteiger partial charge in [-0.15, -0.1) is 0 Å². The zero-order chi connectivity index (χ0) is 9.42. The molecular formula is C10H19FN2. The van der Waals surface area contributed by atoms with Gasteiger partial charge in [-0.1, -0.05) is 0 Å². The van der Waals surface area contributed by atoms with Crippen LogP contribution < -0.4 is 0 Å². The maximum Gasteiger partial charge on any atom is 0.114 e. The molecule has 0 N–H and O–H groups in total. The van der Waals surface area contributed by atoms with Crippen LogP contribution >= 0.6 is 0 Å². The summed E-state index contributed by atoms with van der Waals surface area (Å²) in [5.41, 5.74) is 0. The van der Waals surface area contributed by atoms with E-state index in [4.69, 9.17) is 0 Å². The Hall–Kier alpha value is -0.150. The Bertz CT molecular complexity index is 184. The number of nitrogens with zero attached hydrogens (tertiary/aromatic N) is 2. The molecule has 0 bridgehead atoms. The second kappa shape index (κ2) is 3.54. The summed E-state index contributed by atoms with van der Waals surface area (Å²) in [6.45, 7) is 8.36. The molecule has 2 heterocycles. The first-order valence-electron chi connectivity index (χ1n) is 5.29. The van der Waals surface area contributed by atoms with Crippen molar-refractivity contribution >= 4 is 0 Å². The fourth-order valence-corrected chi connectivity index (χ4v) is 2.47. The third-order valence-electron chi connectivity index (χ3n) is 3.33. The molecule has 76 valence electrons. The summed E-state index contributed by atoms with van der Waals surface area (Å²) in [5, 5.41) is 0. The summed E-state index contributed by atoms with van der Waals surface area (Å²) in [5.74, 6) is 0. The van der Waals surface area contributed by atoms with Crippen LogP contribution in [0.1, 0.15) is 20.3 Å². The van der Waals surface area contributed by atoms with Crippen molar-refractivity contribution in [2.45, 2.75) is 38.5 Å². The van der Waals surface area contributed by atoms with E-state index in [-0.39, 0.29) is 0 Å². The number of hydrogen-bond acceptors (Lipinski definition) is 2. The minimum atomic E-state index is -0.572. The Morgan fingerprint density at radius 2 is 2.00 bits per heavy atom. The van der Waals surface area contributed by atoms with E-state index < -0.39 is 6.17 Å². The van der Waals surface area contributed by atoms with Crippen LogP contribution in [-0.4, -0.2) is 54.2 Å². The molecule has 0 saturated carbocycles. The number of fused-ring (bicyclic) bond motifs is 1. The maximum absolute atomic E-state index is 13.1. The van der Waals surface area contributed by atoms with Crippen LogP contribution in [0.3, 0.4) is 0 Å². The molecule has 2 unspecified atom stereocenters. The van der Waals surface area contributed by atoms with E-state index in [1.54, 1.807) is 0 Å². The van der Waals surface area contributed by atoms with Crippen LogP contribution in [0.15, 0.2) is 0 Å². The number of hydrogen-bond donors (Lipinski definition) is 0. The SMILES string of the molecule is CC(C)N1CCN2CC(F)CC2C1. The topological polar surface area (TPSA) is 6.48 Å². The van der Waals surface area contributed by atoms with E-state index in [1.807, 2.05) is 0 Å². The lowest BCUT2D eigenvalue weighted by molar-refractivity contribution is 0.0823. The van der Waals surface area contributed by atoms with E-state index >= 15 is 0 Å². The van der Waals surface area contributed by atoms with E-state index in [0.717, 1.165) is 26.1 Å². The van der Waals surface area contributed by atoms with Crippen molar-refractivity contribution in [3.8, 4) is 0 Å². The van der Waals surface area contributed by atoms with Crippen molar-refractivity contribution in [1.29, 1.82) is 0 Å². The number of halogens is 1. The third-order valence-corrected chi connectivity index (χ3v) is 3.33. The third kappa shape index (κ3) is 1.86. The Balaban J connectivity index is 1.93. The fourth-order valence-electron chi connectivity index (χ4n) is 2.47. The van der Waals surface area contributed by atoms with Crippen molar-refractivity contribution in [3.05, 3.63) is 0 Å². The summed E-state index contributed by atoms with van der Waals surface area (Å²) in [6, 6.07) is 1.10. The molecule has 2 rings (SSSR count). The molecular weight excluding hydrogens is 167 g/mol. The average molecular weight is 186 g/mol. The molecule has 0 aromatic rings. The highest BCUT2D eigenvalue weighted by Gasteiger charge is 2.36. The number of alkyl halides is 1. The van der Waals surface area contributed by atoms with Crippen molar-refractivity contribution in [2.75, 3.05) is 26.2 Å².